The van der Waals surface area contributed by atoms with E-state index in [-0.39, 0.29) is 18.0 Å². The summed E-state index contributed by atoms with van der Waals surface area (Å²) in [5.41, 5.74) is 1.76. The topological polar surface area (TPSA) is 72.1 Å². The first-order valence-electron chi connectivity index (χ1n) is 7.93. The number of fused-ring (bicyclic) bond motifs is 1. The minimum Gasteiger partial charge on any atom is -0.467 e. The Labute approximate surface area is 140 Å². The second-order valence-electron chi connectivity index (χ2n) is 6.03. The molecule has 0 unspecified atom stereocenters. The van der Waals surface area contributed by atoms with Crippen LogP contribution >= 0.6 is 12.4 Å². The van der Waals surface area contributed by atoms with E-state index in [9.17, 15) is 4.79 Å². The molecule has 0 bridgehead atoms. The molecule has 0 spiro atoms. The number of rotatable bonds is 4. The zero-order valence-corrected chi connectivity index (χ0v) is 13.7. The molecular formula is C16H21ClN4O2. The van der Waals surface area contributed by atoms with Crippen molar-refractivity contribution in [3.63, 3.8) is 0 Å². The summed E-state index contributed by atoms with van der Waals surface area (Å²) in [6.07, 6.45) is 5.98. The van der Waals surface area contributed by atoms with E-state index in [1.54, 1.807) is 10.8 Å². The Hall–Kier alpha value is -1.79. The Kier molecular flexibility index (Phi) is 4.73. The largest absolute Gasteiger partial charge is 0.467 e. The molecule has 0 saturated heterocycles. The van der Waals surface area contributed by atoms with Crippen LogP contribution in [0.2, 0.25) is 0 Å². The summed E-state index contributed by atoms with van der Waals surface area (Å²) in [5.74, 6) is 1.45. The van der Waals surface area contributed by atoms with Crippen molar-refractivity contribution in [3.8, 4) is 0 Å². The van der Waals surface area contributed by atoms with E-state index in [2.05, 4.69) is 10.6 Å². The maximum Gasteiger partial charge on any atom is 0.260 e. The number of aromatic nitrogens is 2. The van der Waals surface area contributed by atoms with E-state index in [0.29, 0.717) is 25.1 Å². The van der Waals surface area contributed by atoms with E-state index in [1.807, 2.05) is 12.1 Å². The number of halogens is 1. The van der Waals surface area contributed by atoms with E-state index in [4.69, 9.17) is 9.40 Å². The highest BCUT2D eigenvalue weighted by Gasteiger charge is 2.23. The molecule has 2 aromatic rings. The van der Waals surface area contributed by atoms with Crippen molar-refractivity contribution in [2.45, 2.75) is 44.8 Å². The molecule has 3 heterocycles. The van der Waals surface area contributed by atoms with Crippen molar-refractivity contribution >= 4 is 18.4 Å². The fourth-order valence-electron chi connectivity index (χ4n) is 2.99. The van der Waals surface area contributed by atoms with E-state index >= 15 is 0 Å². The molecule has 1 aliphatic carbocycles. The first-order chi connectivity index (χ1) is 10.8. The number of anilines is 1. The number of hydrogen-bond acceptors (Lipinski definition) is 5. The summed E-state index contributed by atoms with van der Waals surface area (Å²) in [4.78, 5) is 17.6. The molecule has 0 aromatic carbocycles. The van der Waals surface area contributed by atoms with Gasteiger partial charge in [-0.1, -0.05) is 0 Å². The number of hydrogen-bond donors (Lipinski definition) is 2. The van der Waals surface area contributed by atoms with Gasteiger partial charge in [0.15, 0.2) is 0 Å². The highest BCUT2D eigenvalue weighted by Crippen LogP contribution is 2.23. The van der Waals surface area contributed by atoms with Crippen LogP contribution in [0.4, 0.5) is 5.95 Å². The van der Waals surface area contributed by atoms with Crippen LogP contribution in [0.15, 0.2) is 27.6 Å². The van der Waals surface area contributed by atoms with E-state index < -0.39 is 0 Å². The molecule has 1 fully saturated rings. The Bertz CT molecular complexity index is 722. The molecule has 6 nitrogen and oxygen atoms in total. The fourth-order valence-corrected chi connectivity index (χ4v) is 2.99. The minimum atomic E-state index is 0. The van der Waals surface area contributed by atoms with Gasteiger partial charge in [-0.15, -0.1) is 12.4 Å². The zero-order chi connectivity index (χ0) is 14.9. The fraction of sp³-hybridized carbons (Fsp3) is 0.500. The van der Waals surface area contributed by atoms with Gasteiger partial charge in [-0.05, 0) is 31.4 Å². The molecular weight excluding hydrogens is 316 g/mol. The molecule has 2 aromatic heterocycles. The molecule has 7 heteroatoms. The second-order valence-corrected chi connectivity index (χ2v) is 6.03. The van der Waals surface area contributed by atoms with Crippen molar-refractivity contribution in [1.29, 1.82) is 0 Å². The summed E-state index contributed by atoms with van der Waals surface area (Å²) >= 11 is 0. The van der Waals surface area contributed by atoms with Crippen molar-refractivity contribution in [2.75, 3.05) is 11.9 Å². The SMILES string of the molecule is Cl.O=c1c2c(nc(NC3CCC3)n1Cc1ccco1)CCNC2. The Morgan fingerprint density at radius 3 is 3.00 bits per heavy atom. The Morgan fingerprint density at radius 1 is 1.43 bits per heavy atom. The average molecular weight is 337 g/mol. The first kappa shape index (κ1) is 16.1. The summed E-state index contributed by atoms with van der Waals surface area (Å²) in [6, 6.07) is 4.17. The van der Waals surface area contributed by atoms with Gasteiger partial charge in [0.05, 0.1) is 24.1 Å². The molecule has 1 aliphatic heterocycles. The van der Waals surface area contributed by atoms with Gasteiger partial charge in [0.1, 0.15) is 5.76 Å². The monoisotopic (exact) mass is 336 g/mol. The normalized spacial score (nSPS) is 17.0. The van der Waals surface area contributed by atoms with Crippen LogP contribution in [0.1, 0.15) is 36.3 Å². The number of furan rings is 1. The van der Waals surface area contributed by atoms with Gasteiger partial charge >= 0.3 is 0 Å². The molecule has 0 radical (unpaired) electrons. The Morgan fingerprint density at radius 2 is 2.30 bits per heavy atom. The maximum atomic E-state index is 12.8. The molecule has 0 amide bonds. The van der Waals surface area contributed by atoms with Crippen molar-refractivity contribution in [2.24, 2.45) is 0 Å². The van der Waals surface area contributed by atoms with Crippen molar-refractivity contribution in [3.05, 3.63) is 45.8 Å². The molecule has 4 rings (SSSR count). The number of nitrogens with zero attached hydrogens (tertiary/aromatic N) is 2. The number of nitrogens with one attached hydrogen (secondary N) is 2. The molecule has 23 heavy (non-hydrogen) atoms. The average Bonchev–Trinajstić information content (AvgIpc) is 2.99. The van der Waals surface area contributed by atoms with E-state index in [1.165, 1.54) is 6.42 Å². The lowest BCUT2D eigenvalue weighted by Crippen LogP contribution is -2.38. The highest BCUT2D eigenvalue weighted by molar-refractivity contribution is 5.85. The second kappa shape index (κ2) is 6.76. The predicted molar refractivity (Wildman–Crippen MR) is 90.2 cm³/mol. The lowest BCUT2D eigenvalue weighted by atomic mass is 9.93. The van der Waals surface area contributed by atoms with Gasteiger partial charge in [0.2, 0.25) is 5.95 Å². The molecule has 124 valence electrons. The molecule has 1 saturated carbocycles. The van der Waals surface area contributed by atoms with Gasteiger partial charge in [-0.3, -0.25) is 9.36 Å². The standard InChI is InChI=1S/C16H20N4O2.ClH/c21-15-13-9-17-7-6-14(13)19-16(18-11-3-1-4-11)20(15)10-12-5-2-8-22-12;/h2,5,8,11,17H,1,3-4,6-7,9-10H2,(H,18,19);1H. The lowest BCUT2D eigenvalue weighted by molar-refractivity contribution is 0.435. The summed E-state index contributed by atoms with van der Waals surface area (Å²) in [7, 11) is 0. The third-order valence-electron chi connectivity index (χ3n) is 4.52. The Balaban J connectivity index is 0.00000156. The van der Waals surface area contributed by atoms with Crippen molar-refractivity contribution in [1.82, 2.24) is 14.9 Å². The van der Waals surface area contributed by atoms with Crippen LogP contribution in [0.5, 0.6) is 0 Å². The predicted octanol–water partition coefficient (Wildman–Crippen LogP) is 1.92. The van der Waals surface area contributed by atoms with E-state index in [0.717, 1.165) is 42.8 Å². The van der Waals surface area contributed by atoms with Crippen LogP contribution in [0.25, 0.3) is 0 Å². The summed E-state index contributed by atoms with van der Waals surface area (Å²) in [6.45, 7) is 1.90. The highest BCUT2D eigenvalue weighted by atomic mass is 35.5. The third-order valence-corrected chi connectivity index (χ3v) is 4.52. The van der Waals surface area contributed by atoms with Crippen LogP contribution < -0.4 is 16.2 Å². The van der Waals surface area contributed by atoms with Crippen LogP contribution in [0.3, 0.4) is 0 Å². The van der Waals surface area contributed by atoms with Gasteiger partial charge in [-0.2, -0.15) is 0 Å². The van der Waals surface area contributed by atoms with Gasteiger partial charge in [0, 0.05) is 25.6 Å². The van der Waals surface area contributed by atoms with Crippen LogP contribution in [0, 0.1) is 0 Å². The van der Waals surface area contributed by atoms with Crippen molar-refractivity contribution < 1.29 is 4.42 Å². The first-order valence-corrected chi connectivity index (χ1v) is 7.93. The minimum absolute atomic E-state index is 0. The van der Waals surface area contributed by atoms with Crippen LogP contribution in [-0.4, -0.2) is 22.1 Å². The van der Waals surface area contributed by atoms with Gasteiger partial charge in [0.25, 0.3) is 5.56 Å². The molecule has 0 atom stereocenters. The summed E-state index contributed by atoms with van der Waals surface area (Å²) < 4.78 is 7.12. The quantitative estimate of drug-likeness (QED) is 0.892. The third kappa shape index (κ3) is 3.14. The zero-order valence-electron chi connectivity index (χ0n) is 12.9. The van der Waals surface area contributed by atoms with Gasteiger partial charge in [-0.25, -0.2) is 4.98 Å². The maximum absolute atomic E-state index is 12.8. The molecule has 2 N–H and O–H groups in total. The summed E-state index contributed by atoms with van der Waals surface area (Å²) in [5, 5.41) is 6.69. The molecule has 2 aliphatic rings. The van der Waals surface area contributed by atoms with Gasteiger partial charge < -0.3 is 15.1 Å². The lowest BCUT2D eigenvalue weighted by Gasteiger charge is -2.29. The van der Waals surface area contributed by atoms with Crippen LogP contribution in [-0.2, 0) is 19.5 Å². The smallest absolute Gasteiger partial charge is 0.260 e.